The van der Waals surface area contributed by atoms with Gasteiger partial charge in [-0.15, -0.1) is 0 Å². The first-order valence-corrected chi connectivity index (χ1v) is 9.31. The lowest BCUT2D eigenvalue weighted by Gasteiger charge is -2.18. The Labute approximate surface area is 135 Å². The number of hydrogen-bond donors (Lipinski definition) is 1. The molecule has 0 fully saturated rings. The van der Waals surface area contributed by atoms with Crippen molar-refractivity contribution >= 4 is 15.7 Å². The summed E-state index contributed by atoms with van der Waals surface area (Å²) in [4.78, 5) is 16.4. The Bertz CT molecular complexity index is 766. The van der Waals surface area contributed by atoms with E-state index in [1.54, 1.807) is 24.3 Å². The van der Waals surface area contributed by atoms with Crippen LogP contribution in [0.2, 0.25) is 0 Å². The molecule has 23 heavy (non-hydrogen) atoms. The van der Waals surface area contributed by atoms with Crippen LogP contribution in [0.1, 0.15) is 47.6 Å². The fourth-order valence-corrected chi connectivity index (χ4v) is 3.15. The summed E-state index contributed by atoms with van der Waals surface area (Å²) in [5.74, 6) is -0.144. The van der Waals surface area contributed by atoms with Gasteiger partial charge in [0.15, 0.2) is 12.1 Å². The third-order valence-electron chi connectivity index (χ3n) is 3.31. The Hall–Kier alpha value is -2.15. The molecular formula is C16H20N2O4S. The van der Waals surface area contributed by atoms with Crippen LogP contribution in [0.3, 0.4) is 0 Å². The molecule has 0 bridgehead atoms. The van der Waals surface area contributed by atoms with Gasteiger partial charge in [-0.25, -0.2) is 13.4 Å². The molecule has 1 amide bonds. The standard InChI is InChI=1S/C16H20N2O4S/c1-11(2)15-14(17-10-22-15)16(19)18-13(9-23(3,20)21)12-7-5-4-6-8-12/h4-8,10-11,13H,9H2,1-3H3,(H,18,19)/t13-/m0/s1. The molecule has 2 aromatic rings. The van der Waals surface area contributed by atoms with Crippen molar-refractivity contribution < 1.29 is 17.6 Å². The van der Waals surface area contributed by atoms with Gasteiger partial charge in [-0.2, -0.15) is 0 Å². The second-order valence-electron chi connectivity index (χ2n) is 5.75. The highest BCUT2D eigenvalue weighted by Gasteiger charge is 2.24. The number of carbonyl (C=O) groups excluding carboxylic acids is 1. The predicted octanol–water partition coefficient (Wildman–Crippen LogP) is 2.31. The molecule has 124 valence electrons. The Kier molecular flexibility index (Phi) is 5.20. The lowest BCUT2D eigenvalue weighted by molar-refractivity contribution is 0.0933. The van der Waals surface area contributed by atoms with Crippen molar-refractivity contribution in [3.63, 3.8) is 0 Å². The second-order valence-corrected chi connectivity index (χ2v) is 7.93. The first kappa shape index (κ1) is 17.2. The summed E-state index contributed by atoms with van der Waals surface area (Å²) in [6.07, 6.45) is 2.36. The van der Waals surface area contributed by atoms with E-state index in [2.05, 4.69) is 10.3 Å². The Morgan fingerprint density at radius 2 is 1.91 bits per heavy atom. The van der Waals surface area contributed by atoms with E-state index in [1.807, 2.05) is 19.9 Å². The maximum Gasteiger partial charge on any atom is 0.274 e. The summed E-state index contributed by atoms with van der Waals surface area (Å²) in [7, 11) is -3.27. The monoisotopic (exact) mass is 336 g/mol. The van der Waals surface area contributed by atoms with Crippen molar-refractivity contribution in [2.24, 2.45) is 0 Å². The second kappa shape index (κ2) is 6.95. The van der Waals surface area contributed by atoms with E-state index in [0.717, 1.165) is 11.8 Å². The van der Waals surface area contributed by atoms with E-state index >= 15 is 0 Å². The smallest absolute Gasteiger partial charge is 0.274 e. The Morgan fingerprint density at radius 3 is 2.48 bits per heavy atom. The summed E-state index contributed by atoms with van der Waals surface area (Å²) in [6.45, 7) is 3.78. The highest BCUT2D eigenvalue weighted by atomic mass is 32.2. The van der Waals surface area contributed by atoms with E-state index in [1.165, 1.54) is 6.39 Å². The highest BCUT2D eigenvalue weighted by Crippen LogP contribution is 2.20. The molecule has 0 aliphatic heterocycles. The molecule has 1 aromatic heterocycles. The van der Waals surface area contributed by atoms with Crippen molar-refractivity contribution in [3.8, 4) is 0 Å². The Morgan fingerprint density at radius 1 is 1.26 bits per heavy atom. The van der Waals surface area contributed by atoms with E-state index in [-0.39, 0.29) is 17.4 Å². The molecule has 1 aromatic carbocycles. The zero-order valence-electron chi connectivity index (χ0n) is 13.3. The van der Waals surface area contributed by atoms with Crippen LogP contribution in [0.5, 0.6) is 0 Å². The first-order chi connectivity index (χ1) is 10.8. The summed E-state index contributed by atoms with van der Waals surface area (Å²) in [5, 5.41) is 2.75. The maximum atomic E-state index is 12.5. The van der Waals surface area contributed by atoms with E-state index < -0.39 is 21.8 Å². The number of rotatable bonds is 6. The fourth-order valence-electron chi connectivity index (χ4n) is 2.27. The fraction of sp³-hybridized carbons (Fsp3) is 0.375. The van der Waals surface area contributed by atoms with Gasteiger partial charge < -0.3 is 9.73 Å². The van der Waals surface area contributed by atoms with Crippen molar-refractivity contribution in [1.29, 1.82) is 0 Å². The van der Waals surface area contributed by atoms with Crippen LogP contribution < -0.4 is 5.32 Å². The number of nitrogens with one attached hydrogen (secondary N) is 1. The van der Waals surface area contributed by atoms with Crippen LogP contribution in [0, 0.1) is 0 Å². The van der Waals surface area contributed by atoms with Gasteiger partial charge in [0.05, 0.1) is 11.8 Å². The third kappa shape index (κ3) is 4.66. The number of nitrogens with zero attached hydrogens (tertiary/aromatic N) is 1. The average Bonchev–Trinajstić information content (AvgIpc) is 2.96. The number of oxazole rings is 1. The largest absolute Gasteiger partial charge is 0.447 e. The molecule has 1 atom stereocenters. The molecule has 0 aliphatic carbocycles. The van der Waals surface area contributed by atoms with Gasteiger partial charge in [0.25, 0.3) is 5.91 Å². The number of aromatic nitrogens is 1. The molecular weight excluding hydrogens is 316 g/mol. The van der Waals surface area contributed by atoms with Crippen molar-refractivity contribution in [2.45, 2.75) is 25.8 Å². The minimum Gasteiger partial charge on any atom is -0.447 e. The van der Waals surface area contributed by atoms with Crippen LogP contribution in [-0.4, -0.2) is 31.3 Å². The third-order valence-corrected chi connectivity index (χ3v) is 4.25. The molecule has 0 unspecified atom stereocenters. The first-order valence-electron chi connectivity index (χ1n) is 7.25. The van der Waals surface area contributed by atoms with Crippen LogP contribution in [-0.2, 0) is 9.84 Å². The number of amides is 1. The number of sulfone groups is 1. The van der Waals surface area contributed by atoms with Gasteiger partial charge in [0.2, 0.25) is 0 Å². The summed E-state index contributed by atoms with van der Waals surface area (Å²) >= 11 is 0. The van der Waals surface area contributed by atoms with Crippen molar-refractivity contribution in [2.75, 3.05) is 12.0 Å². The van der Waals surface area contributed by atoms with Crippen LogP contribution >= 0.6 is 0 Å². The predicted molar refractivity (Wildman–Crippen MR) is 87.0 cm³/mol. The molecule has 0 saturated heterocycles. The van der Waals surface area contributed by atoms with Crippen molar-refractivity contribution in [1.82, 2.24) is 10.3 Å². The van der Waals surface area contributed by atoms with Crippen LogP contribution in [0.25, 0.3) is 0 Å². The molecule has 7 heteroatoms. The lowest BCUT2D eigenvalue weighted by Crippen LogP contribution is -2.33. The van der Waals surface area contributed by atoms with Gasteiger partial charge >= 0.3 is 0 Å². The van der Waals surface area contributed by atoms with Gasteiger partial charge in [-0.05, 0) is 5.56 Å². The number of carbonyl (C=O) groups is 1. The minimum absolute atomic E-state index is 0.00309. The van der Waals surface area contributed by atoms with Gasteiger partial charge in [-0.3, -0.25) is 4.79 Å². The maximum absolute atomic E-state index is 12.5. The summed E-state index contributed by atoms with van der Waals surface area (Å²) in [5.41, 5.74) is 0.912. The molecule has 2 rings (SSSR count). The van der Waals surface area contributed by atoms with Gasteiger partial charge in [0.1, 0.15) is 15.6 Å². The SMILES string of the molecule is CC(C)c1ocnc1C(=O)N[C@@H](CS(C)(=O)=O)c1ccccc1. The number of hydrogen-bond acceptors (Lipinski definition) is 5. The molecule has 1 heterocycles. The van der Waals surface area contributed by atoms with Gasteiger partial charge in [0, 0.05) is 12.2 Å². The topological polar surface area (TPSA) is 89.3 Å². The van der Waals surface area contributed by atoms with Crippen LogP contribution in [0.4, 0.5) is 0 Å². The summed E-state index contributed by atoms with van der Waals surface area (Å²) in [6, 6.07) is 8.34. The normalized spacial score (nSPS) is 13.0. The molecule has 0 spiro atoms. The quantitative estimate of drug-likeness (QED) is 0.874. The molecule has 0 saturated carbocycles. The van der Waals surface area contributed by atoms with E-state index in [9.17, 15) is 13.2 Å². The lowest BCUT2D eigenvalue weighted by atomic mass is 10.1. The molecule has 6 nitrogen and oxygen atoms in total. The highest BCUT2D eigenvalue weighted by molar-refractivity contribution is 7.90. The van der Waals surface area contributed by atoms with E-state index in [4.69, 9.17) is 4.42 Å². The van der Waals surface area contributed by atoms with Crippen LogP contribution in [0.15, 0.2) is 41.1 Å². The molecule has 1 N–H and O–H groups in total. The Balaban J connectivity index is 2.27. The average molecular weight is 336 g/mol. The summed E-state index contributed by atoms with van der Waals surface area (Å²) < 4.78 is 28.6. The molecule has 0 aliphatic rings. The van der Waals surface area contributed by atoms with Crippen molar-refractivity contribution in [3.05, 3.63) is 53.7 Å². The number of benzene rings is 1. The van der Waals surface area contributed by atoms with Gasteiger partial charge in [-0.1, -0.05) is 44.2 Å². The zero-order valence-corrected chi connectivity index (χ0v) is 14.1. The molecule has 0 radical (unpaired) electrons. The minimum atomic E-state index is -3.27. The zero-order chi connectivity index (χ0) is 17.0. The van der Waals surface area contributed by atoms with E-state index in [0.29, 0.717) is 5.76 Å².